The SMILES string of the molecule is CN(CCc1ccccn1)C(=O)c1ccc2c(c1)NC(=O)c1ccccc1N2. The van der Waals surface area contributed by atoms with Crippen molar-refractivity contribution >= 4 is 28.9 Å². The monoisotopic (exact) mass is 372 g/mol. The van der Waals surface area contributed by atoms with Gasteiger partial charge >= 0.3 is 0 Å². The topological polar surface area (TPSA) is 74.3 Å². The van der Waals surface area contributed by atoms with Crippen LogP contribution in [0.15, 0.2) is 66.9 Å². The Morgan fingerprint density at radius 3 is 2.61 bits per heavy atom. The number of pyridine rings is 1. The van der Waals surface area contributed by atoms with Gasteiger partial charge in [0, 0.05) is 37.5 Å². The van der Waals surface area contributed by atoms with Crippen LogP contribution < -0.4 is 10.6 Å². The van der Waals surface area contributed by atoms with E-state index in [1.54, 1.807) is 36.3 Å². The van der Waals surface area contributed by atoms with Gasteiger partial charge < -0.3 is 15.5 Å². The number of nitrogens with zero attached hydrogens (tertiary/aromatic N) is 2. The molecule has 0 radical (unpaired) electrons. The first kappa shape index (κ1) is 17.7. The molecular formula is C22H20N4O2. The maximum Gasteiger partial charge on any atom is 0.257 e. The standard InChI is InChI=1S/C22H20N4O2/c1-26(13-11-16-6-4-5-12-23-16)22(28)15-9-10-19-20(14-15)25-21(27)17-7-2-3-8-18(17)24-19/h2-10,12,14,24H,11,13H2,1H3,(H,25,27). The first-order valence-corrected chi connectivity index (χ1v) is 9.08. The maximum absolute atomic E-state index is 12.8. The molecule has 4 rings (SSSR count). The molecule has 2 amide bonds. The Kier molecular flexibility index (Phi) is 4.76. The van der Waals surface area contributed by atoms with E-state index in [2.05, 4.69) is 15.6 Å². The zero-order chi connectivity index (χ0) is 19.5. The summed E-state index contributed by atoms with van der Waals surface area (Å²) < 4.78 is 0. The van der Waals surface area contributed by atoms with E-state index in [1.165, 1.54) is 0 Å². The van der Waals surface area contributed by atoms with Crippen LogP contribution in [-0.2, 0) is 6.42 Å². The second-order valence-electron chi connectivity index (χ2n) is 6.68. The average molecular weight is 372 g/mol. The third-order valence-electron chi connectivity index (χ3n) is 4.73. The van der Waals surface area contributed by atoms with Crippen LogP contribution in [-0.4, -0.2) is 35.3 Å². The number of hydrogen-bond acceptors (Lipinski definition) is 4. The maximum atomic E-state index is 12.8. The summed E-state index contributed by atoms with van der Waals surface area (Å²) in [5, 5.41) is 6.15. The second kappa shape index (κ2) is 7.52. The van der Waals surface area contributed by atoms with Crippen LogP contribution in [0.3, 0.4) is 0 Å². The number of aromatic nitrogens is 1. The Hall–Kier alpha value is -3.67. The number of anilines is 3. The molecule has 0 saturated carbocycles. The van der Waals surface area contributed by atoms with Crippen molar-refractivity contribution < 1.29 is 9.59 Å². The highest BCUT2D eigenvalue weighted by atomic mass is 16.2. The molecule has 6 nitrogen and oxygen atoms in total. The van der Waals surface area contributed by atoms with Gasteiger partial charge in [0.2, 0.25) is 0 Å². The first-order chi connectivity index (χ1) is 13.6. The summed E-state index contributed by atoms with van der Waals surface area (Å²) in [7, 11) is 1.77. The summed E-state index contributed by atoms with van der Waals surface area (Å²) in [6.45, 7) is 0.559. The van der Waals surface area contributed by atoms with E-state index in [9.17, 15) is 9.59 Å². The molecule has 2 aromatic carbocycles. The lowest BCUT2D eigenvalue weighted by atomic mass is 10.1. The van der Waals surface area contributed by atoms with Crippen LogP contribution in [0.1, 0.15) is 26.4 Å². The minimum Gasteiger partial charge on any atom is -0.353 e. The summed E-state index contributed by atoms with van der Waals surface area (Å²) >= 11 is 0. The number of carbonyl (C=O) groups excluding carboxylic acids is 2. The Bertz CT molecular complexity index is 1030. The Labute approximate surface area is 163 Å². The van der Waals surface area contributed by atoms with E-state index in [-0.39, 0.29) is 11.8 Å². The Morgan fingerprint density at radius 1 is 0.964 bits per heavy atom. The fourth-order valence-electron chi connectivity index (χ4n) is 3.16. The molecule has 0 atom stereocenters. The molecule has 140 valence electrons. The van der Waals surface area contributed by atoms with E-state index < -0.39 is 0 Å². The van der Waals surface area contributed by atoms with Gasteiger partial charge in [-0.3, -0.25) is 14.6 Å². The molecule has 1 aliphatic heterocycles. The van der Waals surface area contributed by atoms with Crippen LogP contribution >= 0.6 is 0 Å². The van der Waals surface area contributed by atoms with E-state index in [0.717, 1.165) is 17.1 Å². The molecule has 0 saturated heterocycles. The summed E-state index contributed by atoms with van der Waals surface area (Å²) in [6.07, 6.45) is 2.43. The van der Waals surface area contributed by atoms with Crippen LogP contribution in [0.5, 0.6) is 0 Å². The van der Waals surface area contributed by atoms with Gasteiger partial charge in [0.1, 0.15) is 0 Å². The van der Waals surface area contributed by atoms with Crippen LogP contribution in [0.25, 0.3) is 0 Å². The van der Waals surface area contributed by atoms with E-state index in [0.29, 0.717) is 29.8 Å². The summed E-state index contributed by atoms with van der Waals surface area (Å²) in [6, 6.07) is 18.4. The van der Waals surface area contributed by atoms with Crippen molar-refractivity contribution in [3.8, 4) is 0 Å². The molecule has 0 spiro atoms. The van der Waals surface area contributed by atoms with E-state index >= 15 is 0 Å². The molecule has 28 heavy (non-hydrogen) atoms. The predicted octanol–water partition coefficient (Wildman–Crippen LogP) is 3.71. The second-order valence-corrected chi connectivity index (χ2v) is 6.68. The number of carbonyl (C=O) groups is 2. The van der Waals surface area contributed by atoms with Gasteiger partial charge in [-0.1, -0.05) is 18.2 Å². The molecule has 1 aliphatic rings. The molecule has 2 heterocycles. The molecule has 3 aromatic rings. The van der Waals surface area contributed by atoms with Gasteiger partial charge in [-0.25, -0.2) is 0 Å². The summed E-state index contributed by atoms with van der Waals surface area (Å²) in [5.74, 6) is -0.301. The van der Waals surface area contributed by atoms with Crippen molar-refractivity contribution in [3.05, 3.63) is 83.7 Å². The van der Waals surface area contributed by atoms with Gasteiger partial charge in [0.05, 0.1) is 22.6 Å². The van der Waals surface area contributed by atoms with Crippen molar-refractivity contribution in [1.29, 1.82) is 0 Å². The van der Waals surface area contributed by atoms with Gasteiger partial charge in [-0.2, -0.15) is 0 Å². The normalized spacial score (nSPS) is 12.1. The number of amides is 2. The largest absolute Gasteiger partial charge is 0.353 e. The molecule has 2 N–H and O–H groups in total. The van der Waals surface area contributed by atoms with Gasteiger partial charge in [0.15, 0.2) is 0 Å². The van der Waals surface area contributed by atoms with Crippen molar-refractivity contribution in [3.63, 3.8) is 0 Å². The molecule has 1 aromatic heterocycles. The Morgan fingerprint density at radius 2 is 1.79 bits per heavy atom. The number of benzene rings is 2. The number of fused-ring (bicyclic) bond motifs is 2. The minimum atomic E-state index is -0.199. The van der Waals surface area contributed by atoms with Crippen LogP contribution in [0, 0.1) is 0 Å². The predicted molar refractivity (Wildman–Crippen MR) is 109 cm³/mol. The highest BCUT2D eigenvalue weighted by Gasteiger charge is 2.20. The molecule has 0 bridgehead atoms. The number of para-hydroxylation sites is 1. The molecule has 6 heteroatoms. The zero-order valence-electron chi connectivity index (χ0n) is 15.5. The number of hydrogen-bond donors (Lipinski definition) is 2. The van der Waals surface area contributed by atoms with E-state index in [1.807, 2.05) is 42.5 Å². The number of likely N-dealkylation sites (N-methyl/N-ethyl adjacent to an activating group) is 1. The van der Waals surface area contributed by atoms with Crippen molar-refractivity contribution in [2.75, 3.05) is 24.2 Å². The lowest BCUT2D eigenvalue weighted by Gasteiger charge is -2.18. The Balaban J connectivity index is 1.52. The van der Waals surface area contributed by atoms with Crippen LogP contribution in [0.2, 0.25) is 0 Å². The third kappa shape index (κ3) is 3.57. The van der Waals surface area contributed by atoms with Crippen LogP contribution in [0.4, 0.5) is 17.1 Å². The molecular weight excluding hydrogens is 352 g/mol. The minimum absolute atomic E-state index is 0.102. The van der Waals surface area contributed by atoms with Gasteiger partial charge in [-0.05, 0) is 42.5 Å². The zero-order valence-corrected chi connectivity index (χ0v) is 15.5. The average Bonchev–Trinajstić information content (AvgIpc) is 2.87. The first-order valence-electron chi connectivity index (χ1n) is 9.08. The fraction of sp³-hybridized carbons (Fsp3) is 0.136. The van der Waals surface area contributed by atoms with Crippen molar-refractivity contribution in [2.45, 2.75) is 6.42 Å². The quantitative estimate of drug-likeness (QED) is 0.732. The van der Waals surface area contributed by atoms with Gasteiger partial charge in [-0.15, -0.1) is 0 Å². The summed E-state index contributed by atoms with van der Waals surface area (Å²) in [5.41, 5.74) is 4.12. The molecule has 0 aliphatic carbocycles. The van der Waals surface area contributed by atoms with Gasteiger partial charge in [0.25, 0.3) is 11.8 Å². The highest BCUT2D eigenvalue weighted by molar-refractivity contribution is 6.12. The highest BCUT2D eigenvalue weighted by Crippen LogP contribution is 2.32. The lowest BCUT2D eigenvalue weighted by molar-refractivity contribution is 0.0796. The summed E-state index contributed by atoms with van der Waals surface area (Å²) in [4.78, 5) is 31.2. The molecule has 0 fully saturated rings. The van der Waals surface area contributed by atoms with E-state index in [4.69, 9.17) is 0 Å². The molecule has 0 unspecified atom stereocenters. The number of nitrogens with one attached hydrogen (secondary N) is 2. The van der Waals surface area contributed by atoms with Crippen molar-refractivity contribution in [1.82, 2.24) is 9.88 Å². The smallest absolute Gasteiger partial charge is 0.257 e. The van der Waals surface area contributed by atoms with Crippen molar-refractivity contribution in [2.24, 2.45) is 0 Å². The number of rotatable bonds is 4. The fourth-order valence-corrected chi connectivity index (χ4v) is 3.16. The lowest BCUT2D eigenvalue weighted by Crippen LogP contribution is -2.29. The third-order valence-corrected chi connectivity index (χ3v) is 4.73.